The van der Waals surface area contributed by atoms with Crippen LogP contribution in [-0.2, 0) is 4.74 Å². The predicted octanol–water partition coefficient (Wildman–Crippen LogP) is 2.98. The Balaban J connectivity index is 1.55. The third-order valence-electron chi connectivity index (χ3n) is 4.51. The van der Waals surface area contributed by atoms with Crippen LogP contribution in [0.1, 0.15) is 20.7 Å². The van der Waals surface area contributed by atoms with Crippen molar-refractivity contribution in [1.29, 1.82) is 0 Å². The van der Waals surface area contributed by atoms with Crippen LogP contribution >= 0.6 is 11.3 Å². The molecule has 0 spiro atoms. The third kappa shape index (κ3) is 3.80. The Hall–Kier alpha value is -3.56. The lowest BCUT2D eigenvalue weighted by Crippen LogP contribution is -2.29. The van der Waals surface area contributed by atoms with Crippen molar-refractivity contribution in [2.24, 2.45) is 10.7 Å². The van der Waals surface area contributed by atoms with Crippen LogP contribution < -0.4 is 16.0 Å². The number of hydrogen-bond donors (Lipinski definition) is 2. The van der Waals surface area contributed by atoms with Gasteiger partial charge in [-0.15, -0.1) is 11.3 Å². The fourth-order valence-corrected chi connectivity index (χ4v) is 3.82. The number of nitrogens with two attached hydrogens (primary N) is 1. The summed E-state index contributed by atoms with van der Waals surface area (Å²) in [4.78, 5) is 35.3. The fraction of sp³-hybridized carbons (Fsp3) is 0.143. The van der Waals surface area contributed by atoms with Crippen molar-refractivity contribution in [1.82, 2.24) is 4.98 Å². The quantitative estimate of drug-likeness (QED) is 0.274. The molecule has 152 valence electrons. The van der Waals surface area contributed by atoms with Crippen LogP contribution in [0.2, 0.25) is 0 Å². The number of ether oxygens (including phenoxy) is 1. The normalized spacial score (nSPS) is 13.6. The molecule has 1 aromatic heterocycles. The first-order chi connectivity index (χ1) is 14.6. The number of aliphatic imine (C=N–C) groups is 1. The Morgan fingerprint density at radius 2 is 1.90 bits per heavy atom. The standard InChI is InChI=1S/C21H19N5O3S/c1-29-10-9-23-20(22)25-21-24-17(12-30-21)13-5-4-6-14(11-13)26-18(27)15-7-2-3-8-16(15)19(26)28/h2-8,11-12H,9-10H2,1H3,(H3,22,23,24,25). The highest BCUT2D eigenvalue weighted by Gasteiger charge is 2.36. The second-order valence-electron chi connectivity index (χ2n) is 6.46. The fourth-order valence-electron chi connectivity index (χ4n) is 3.10. The maximum Gasteiger partial charge on any atom is 0.266 e. The van der Waals surface area contributed by atoms with Gasteiger partial charge in [-0.2, -0.15) is 0 Å². The summed E-state index contributed by atoms with van der Waals surface area (Å²) in [6, 6.07) is 14.0. The summed E-state index contributed by atoms with van der Waals surface area (Å²) in [5, 5.41) is 5.41. The van der Waals surface area contributed by atoms with Gasteiger partial charge in [-0.1, -0.05) is 24.3 Å². The number of nitrogens with zero attached hydrogens (tertiary/aromatic N) is 3. The number of imide groups is 1. The zero-order valence-electron chi connectivity index (χ0n) is 16.2. The Kier molecular flexibility index (Phi) is 5.55. The molecule has 0 aliphatic carbocycles. The van der Waals surface area contributed by atoms with Crippen LogP contribution in [0.3, 0.4) is 0 Å². The van der Waals surface area contributed by atoms with Crippen molar-refractivity contribution < 1.29 is 14.3 Å². The second kappa shape index (κ2) is 8.44. The summed E-state index contributed by atoms with van der Waals surface area (Å²) < 4.78 is 4.94. The van der Waals surface area contributed by atoms with E-state index in [1.54, 1.807) is 49.6 Å². The number of carbonyl (C=O) groups excluding carboxylic acids is 2. The zero-order chi connectivity index (χ0) is 21.1. The summed E-state index contributed by atoms with van der Waals surface area (Å²) in [7, 11) is 1.60. The highest BCUT2D eigenvalue weighted by Crippen LogP contribution is 2.32. The molecule has 30 heavy (non-hydrogen) atoms. The van der Waals surface area contributed by atoms with Crippen molar-refractivity contribution in [3.05, 3.63) is 65.0 Å². The number of thiazole rings is 1. The van der Waals surface area contributed by atoms with Crippen LogP contribution in [0.25, 0.3) is 11.3 Å². The molecule has 0 bridgehead atoms. The molecule has 1 aliphatic rings. The third-order valence-corrected chi connectivity index (χ3v) is 5.27. The van der Waals surface area contributed by atoms with E-state index >= 15 is 0 Å². The first kappa shape index (κ1) is 19.7. The molecule has 3 aromatic rings. The highest BCUT2D eigenvalue weighted by molar-refractivity contribution is 7.14. The van der Waals surface area contributed by atoms with Gasteiger partial charge in [0.2, 0.25) is 0 Å². The summed E-state index contributed by atoms with van der Waals surface area (Å²) in [6.07, 6.45) is 0. The minimum Gasteiger partial charge on any atom is -0.383 e. The van der Waals surface area contributed by atoms with E-state index in [0.717, 1.165) is 5.56 Å². The number of benzene rings is 2. The van der Waals surface area contributed by atoms with Gasteiger partial charge in [0.25, 0.3) is 11.8 Å². The lowest BCUT2D eigenvalue weighted by molar-refractivity contribution is 0.0926. The van der Waals surface area contributed by atoms with Crippen LogP contribution in [-0.4, -0.2) is 43.0 Å². The smallest absolute Gasteiger partial charge is 0.266 e. The maximum atomic E-state index is 12.7. The lowest BCUT2D eigenvalue weighted by Gasteiger charge is -2.14. The van der Waals surface area contributed by atoms with Crippen molar-refractivity contribution in [3.63, 3.8) is 0 Å². The van der Waals surface area contributed by atoms with Gasteiger partial charge in [0, 0.05) is 18.1 Å². The van der Waals surface area contributed by atoms with E-state index in [2.05, 4.69) is 15.3 Å². The Morgan fingerprint density at radius 3 is 2.60 bits per heavy atom. The monoisotopic (exact) mass is 421 g/mol. The van der Waals surface area contributed by atoms with Gasteiger partial charge in [0.05, 0.1) is 35.7 Å². The van der Waals surface area contributed by atoms with Crippen LogP contribution in [0.5, 0.6) is 0 Å². The van der Waals surface area contributed by atoms with E-state index in [0.29, 0.717) is 40.8 Å². The number of carbonyl (C=O) groups is 2. The molecule has 4 rings (SSSR count). The van der Waals surface area contributed by atoms with Gasteiger partial charge < -0.3 is 15.8 Å². The van der Waals surface area contributed by atoms with Gasteiger partial charge in [0.15, 0.2) is 11.1 Å². The first-order valence-electron chi connectivity index (χ1n) is 9.18. The molecule has 0 saturated carbocycles. The zero-order valence-corrected chi connectivity index (χ0v) is 17.0. The van der Waals surface area contributed by atoms with Gasteiger partial charge in [-0.3, -0.25) is 14.6 Å². The van der Waals surface area contributed by atoms with Crippen LogP contribution in [0, 0.1) is 0 Å². The Bertz CT molecular complexity index is 1110. The average molecular weight is 421 g/mol. The minimum atomic E-state index is -0.326. The first-order valence-corrected chi connectivity index (χ1v) is 10.1. The molecule has 2 heterocycles. The predicted molar refractivity (Wildman–Crippen MR) is 117 cm³/mol. The number of methoxy groups -OCH3 is 1. The van der Waals surface area contributed by atoms with Crippen molar-refractivity contribution >= 4 is 39.9 Å². The number of guanidine groups is 1. The second-order valence-corrected chi connectivity index (χ2v) is 7.32. The average Bonchev–Trinajstić information content (AvgIpc) is 3.32. The summed E-state index contributed by atoms with van der Waals surface area (Å²) in [5.74, 6) is -0.394. The van der Waals surface area contributed by atoms with E-state index in [-0.39, 0.29) is 17.8 Å². The number of fused-ring (bicyclic) bond motifs is 1. The van der Waals surface area contributed by atoms with Crippen LogP contribution in [0.4, 0.5) is 10.8 Å². The van der Waals surface area contributed by atoms with E-state index in [9.17, 15) is 9.59 Å². The summed E-state index contributed by atoms with van der Waals surface area (Å²) >= 11 is 1.38. The summed E-state index contributed by atoms with van der Waals surface area (Å²) in [6.45, 7) is 0.936. The van der Waals surface area contributed by atoms with Gasteiger partial charge in [-0.05, 0) is 24.3 Å². The van der Waals surface area contributed by atoms with E-state index in [1.807, 2.05) is 11.4 Å². The number of aromatic nitrogens is 1. The molecule has 2 amide bonds. The molecule has 2 aromatic carbocycles. The molecule has 0 atom stereocenters. The molecule has 0 saturated heterocycles. The minimum absolute atomic E-state index is 0.257. The molecule has 0 fully saturated rings. The lowest BCUT2D eigenvalue weighted by atomic mass is 10.1. The molecular formula is C21H19N5O3S. The largest absolute Gasteiger partial charge is 0.383 e. The van der Waals surface area contributed by atoms with Crippen LogP contribution in [0.15, 0.2) is 58.9 Å². The molecule has 1 aliphatic heterocycles. The van der Waals surface area contributed by atoms with Gasteiger partial charge in [0.1, 0.15) is 0 Å². The van der Waals surface area contributed by atoms with E-state index in [1.165, 1.54) is 16.2 Å². The SMILES string of the molecule is COCCN=C(N)Nc1nc(-c2cccc(N3C(=O)c4ccccc4C3=O)c2)cs1. The number of amides is 2. The van der Waals surface area contributed by atoms with E-state index < -0.39 is 0 Å². The van der Waals surface area contributed by atoms with Crippen molar-refractivity contribution in [3.8, 4) is 11.3 Å². The molecule has 3 N–H and O–H groups in total. The highest BCUT2D eigenvalue weighted by atomic mass is 32.1. The molecular weight excluding hydrogens is 402 g/mol. The molecule has 9 heteroatoms. The number of hydrogen-bond acceptors (Lipinski definition) is 6. The van der Waals surface area contributed by atoms with Crippen molar-refractivity contribution in [2.75, 3.05) is 30.5 Å². The molecule has 8 nitrogen and oxygen atoms in total. The number of rotatable bonds is 6. The molecule has 0 unspecified atom stereocenters. The number of nitrogens with one attached hydrogen (secondary N) is 1. The Labute approximate surface area is 177 Å². The van der Waals surface area contributed by atoms with Gasteiger partial charge in [-0.25, -0.2) is 9.88 Å². The maximum absolute atomic E-state index is 12.7. The summed E-state index contributed by atoms with van der Waals surface area (Å²) in [5.41, 5.74) is 8.65. The Morgan fingerprint density at radius 1 is 1.17 bits per heavy atom. The van der Waals surface area contributed by atoms with E-state index in [4.69, 9.17) is 10.5 Å². The van der Waals surface area contributed by atoms with Gasteiger partial charge >= 0.3 is 0 Å². The molecule has 0 radical (unpaired) electrons. The topological polar surface area (TPSA) is 110 Å². The van der Waals surface area contributed by atoms with Crippen molar-refractivity contribution in [2.45, 2.75) is 0 Å². The number of anilines is 2.